The van der Waals surface area contributed by atoms with E-state index in [0.717, 1.165) is 21.8 Å². The second-order valence-corrected chi connectivity index (χ2v) is 8.45. The molecular formula is C9H12ClO2PS. The van der Waals surface area contributed by atoms with Crippen molar-refractivity contribution in [3.63, 3.8) is 0 Å². The van der Waals surface area contributed by atoms with Gasteiger partial charge in [0, 0.05) is 4.90 Å². The summed E-state index contributed by atoms with van der Waals surface area (Å²) in [7, 11) is 0. The van der Waals surface area contributed by atoms with E-state index >= 15 is 0 Å². The summed E-state index contributed by atoms with van der Waals surface area (Å²) < 4.78 is 16.5. The Labute approximate surface area is 93.0 Å². The molecule has 0 spiro atoms. The van der Waals surface area contributed by atoms with Gasteiger partial charge in [0.15, 0.2) is 0 Å². The van der Waals surface area contributed by atoms with Crippen LogP contribution in [0.15, 0.2) is 29.2 Å². The molecular weight excluding hydrogens is 239 g/mol. The molecule has 78 valence electrons. The molecule has 1 aromatic carbocycles. The zero-order chi connectivity index (χ0) is 10.6. The van der Waals surface area contributed by atoms with E-state index in [1.165, 1.54) is 0 Å². The van der Waals surface area contributed by atoms with Gasteiger partial charge in [-0.2, -0.15) is 0 Å². The van der Waals surface area contributed by atoms with Gasteiger partial charge in [0.25, 0.3) is 0 Å². The van der Waals surface area contributed by atoms with Crippen molar-refractivity contribution in [3.05, 3.63) is 29.8 Å². The number of aryl methyl sites for hydroxylation is 1. The van der Waals surface area contributed by atoms with Gasteiger partial charge in [-0.05, 0) is 48.6 Å². The first kappa shape index (κ1) is 12.1. The monoisotopic (exact) mass is 250 g/mol. The van der Waals surface area contributed by atoms with Gasteiger partial charge in [0.2, 0.25) is 0 Å². The van der Waals surface area contributed by atoms with Crippen molar-refractivity contribution in [2.75, 3.05) is 6.61 Å². The second-order valence-electron chi connectivity index (χ2n) is 2.75. The number of rotatable bonds is 4. The molecule has 0 radical (unpaired) electrons. The van der Waals surface area contributed by atoms with Crippen molar-refractivity contribution in [1.82, 2.24) is 0 Å². The maximum absolute atomic E-state index is 11.6. The zero-order valence-electron chi connectivity index (χ0n) is 8.07. The van der Waals surface area contributed by atoms with Crippen LogP contribution in [0, 0.1) is 6.92 Å². The molecule has 0 aliphatic carbocycles. The van der Waals surface area contributed by atoms with Gasteiger partial charge in [-0.3, -0.25) is 4.57 Å². The predicted molar refractivity (Wildman–Crippen MR) is 62.1 cm³/mol. The summed E-state index contributed by atoms with van der Waals surface area (Å²) in [5.74, 6) is -3.04. The first-order valence-corrected chi connectivity index (χ1v) is 8.19. The van der Waals surface area contributed by atoms with E-state index in [-0.39, 0.29) is 0 Å². The highest BCUT2D eigenvalue weighted by Crippen LogP contribution is 2.66. The molecule has 0 amide bonds. The molecule has 0 aromatic heterocycles. The van der Waals surface area contributed by atoms with Crippen molar-refractivity contribution in [2.45, 2.75) is 18.7 Å². The van der Waals surface area contributed by atoms with E-state index in [0.29, 0.717) is 6.61 Å². The standard InChI is InChI=1S/C9H12ClO2PS/c1-3-12-13(10,11)14-9-6-4-8(2)5-7-9/h4-7H,3H2,1-2H3. The minimum atomic E-state index is -3.04. The lowest BCUT2D eigenvalue weighted by Gasteiger charge is -2.08. The minimum Gasteiger partial charge on any atom is -0.310 e. The molecule has 0 N–H and O–H groups in total. The van der Waals surface area contributed by atoms with Crippen LogP contribution in [0.2, 0.25) is 0 Å². The molecule has 0 aliphatic rings. The van der Waals surface area contributed by atoms with E-state index in [4.69, 9.17) is 15.8 Å². The van der Waals surface area contributed by atoms with Gasteiger partial charge >= 0.3 is 5.92 Å². The van der Waals surface area contributed by atoms with Gasteiger partial charge in [-0.1, -0.05) is 17.7 Å². The summed E-state index contributed by atoms with van der Waals surface area (Å²) in [6.45, 7) is 4.13. The van der Waals surface area contributed by atoms with Crippen LogP contribution in [0.1, 0.15) is 12.5 Å². The number of hydrogen-bond acceptors (Lipinski definition) is 3. The fraction of sp³-hybridized carbons (Fsp3) is 0.333. The summed E-state index contributed by atoms with van der Waals surface area (Å²) >= 11 is 6.78. The highest BCUT2D eigenvalue weighted by atomic mass is 35.7. The Morgan fingerprint density at radius 3 is 2.50 bits per heavy atom. The lowest BCUT2D eigenvalue weighted by atomic mass is 10.2. The first-order valence-electron chi connectivity index (χ1n) is 4.24. The van der Waals surface area contributed by atoms with Crippen LogP contribution >= 0.6 is 28.5 Å². The maximum Gasteiger partial charge on any atom is 0.351 e. The van der Waals surface area contributed by atoms with E-state index in [2.05, 4.69) is 0 Å². The highest BCUT2D eigenvalue weighted by molar-refractivity contribution is 8.63. The molecule has 0 fully saturated rings. The summed E-state index contributed by atoms with van der Waals surface area (Å²) in [6, 6.07) is 7.67. The van der Waals surface area contributed by atoms with Crippen LogP contribution in [-0.4, -0.2) is 6.61 Å². The van der Waals surface area contributed by atoms with Gasteiger partial charge < -0.3 is 4.52 Å². The molecule has 1 rings (SSSR count). The van der Waals surface area contributed by atoms with Gasteiger partial charge in [0.1, 0.15) is 0 Å². The lowest BCUT2D eigenvalue weighted by Crippen LogP contribution is -1.80. The maximum atomic E-state index is 11.6. The van der Waals surface area contributed by atoms with E-state index in [1.54, 1.807) is 6.92 Å². The SMILES string of the molecule is CCOP(=O)(Cl)Sc1ccc(C)cc1. The highest BCUT2D eigenvalue weighted by Gasteiger charge is 2.20. The van der Waals surface area contributed by atoms with E-state index in [9.17, 15) is 4.57 Å². The Balaban J connectivity index is 2.69. The van der Waals surface area contributed by atoms with Crippen molar-refractivity contribution in [3.8, 4) is 0 Å². The largest absolute Gasteiger partial charge is 0.351 e. The third-order valence-corrected chi connectivity index (χ3v) is 5.30. The summed E-state index contributed by atoms with van der Waals surface area (Å²) in [5.41, 5.74) is 1.16. The van der Waals surface area contributed by atoms with E-state index < -0.39 is 5.92 Å². The first-order chi connectivity index (χ1) is 6.53. The van der Waals surface area contributed by atoms with Crippen LogP contribution in [-0.2, 0) is 9.09 Å². The molecule has 0 heterocycles. The molecule has 1 aromatic rings. The molecule has 0 saturated heterocycles. The molecule has 14 heavy (non-hydrogen) atoms. The lowest BCUT2D eigenvalue weighted by molar-refractivity contribution is 0.356. The Hall–Kier alpha value is 0.0500. The average Bonchev–Trinajstić information content (AvgIpc) is 2.08. The van der Waals surface area contributed by atoms with Crippen LogP contribution in [0.4, 0.5) is 0 Å². The number of halogens is 1. The molecule has 0 aliphatic heterocycles. The van der Waals surface area contributed by atoms with Crippen molar-refractivity contribution in [2.24, 2.45) is 0 Å². The Morgan fingerprint density at radius 1 is 1.43 bits per heavy atom. The Bertz CT molecular complexity index is 339. The molecule has 0 bridgehead atoms. The third kappa shape index (κ3) is 4.05. The topological polar surface area (TPSA) is 26.3 Å². The molecule has 2 nitrogen and oxygen atoms in total. The van der Waals surface area contributed by atoms with Crippen LogP contribution in [0.25, 0.3) is 0 Å². The quantitative estimate of drug-likeness (QED) is 0.738. The average molecular weight is 251 g/mol. The normalized spacial score (nSPS) is 15.1. The fourth-order valence-corrected chi connectivity index (χ4v) is 4.38. The van der Waals surface area contributed by atoms with Crippen LogP contribution in [0.3, 0.4) is 0 Å². The van der Waals surface area contributed by atoms with Crippen LogP contribution < -0.4 is 0 Å². The van der Waals surface area contributed by atoms with Gasteiger partial charge in [-0.15, -0.1) is 0 Å². The second kappa shape index (κ2) is 5.22. The third-order valence-electron chi connectivity index (χ3n) is 1.52. The number of benzene rings is 1. The van der Waals surface area contributed by atoms with Crippen molar-refractivity contribution >= 4 is 28.5 Å². The Kier molecular flexibility index (Phi) is 4.52. The summed E-state index contributed by atoms with van der Waals surface area (Å²) in [6.07, 6.45) is 0. The Morgan fingerprint density at radius 2 is 2.00 bits per heavy atom. The molecule has 1 unspecified atom stereocenters. The van der Waals surface area contributed by atoms with Crippen molar-refractivity contribution < 1.29 is 9.09 Å². The minimum absolute atomic E-state index is 0.361. The molecule has 0 saturated carbocycles. The smallest absolute Gasteiger partial charge is 0.310 e. The summed E-state index contributed by atoms with van der Waals surface area (Å²) in [4.78, 5) is 0.863. The number of hydrogen-bond donors (Lipinski definition) is 0. The summed E-state index contributed by atoms with van der Waals surface area (Å²) in [5, 5.41) is 0. The fourth-order valence-electron chi connectivity index (χ4n) is 0.906. The predicted octanol–water partition coefficient (Wildman–Crippen LogP) is 4.47. The van der Waals surface area contributed by atoms with Crippen LogP contribution in [0.5, 0.6) is 0 Å². The van der Waals surface area contributed by atoms with E-state index in [1.807, 2.05) is 31.2 Å². The molecule has 5 heteroatoms. The van der Waals surface area contributed by atoms with Gasteiger partial charge in [-0.25, -0.2) is 0 Å². The van der Waals surface area contributed by atoms with Crippen molar-refractivity contribution in [1.29, 1.82) is 0 Å². The molecule has 1 atom stereocenters. The van der Waals surface area contributed by atoms with Gasteiger partial charge in [0.05, 0.1) is 6.61 Å². The zero-order valence-corrected chi connectivity index (χ0v) is 10.5.